The summed E-state index contributed by atoms with van der Waals surface area (Å²) in [5.74, 6) is 10.6. The van der Waals surface area contributed by atoms with Crippen LogP contribution in [-0.4, -0.2) is 29.9 Å². The Morgan fingerprint density at radius 1 is 1.09 bits per heavy atom. The highest BCUT2D eigenvalue weighted by molar-refractivity contribution is 5.91. The molecule has 0 aliphatic heterocycles. The van der Waals surface area contributed by atoms with Gasteiger partial charge in [0, 0.05) is 16.7 Å². The Labute approximate surface area is 134 Å². The van der Waals surface area contributed by atoms with E-state index >= 15 is 0 Å². The zero-order valence-electron chi connectivity index (χ0n) is 12.5. The molecule has 0 atom stereocenters. The van der Waals surface area contributed by atoms with E-state index in [-0.39, 0.29) is 17.9 Å². The summed E-state index contributed by atoms with van der Waals surface area (Å²) in [7, 11) is 1.42. The van der Waals surface area contributed by atoms with Crippen LogP contribution in [0.1, 0.15) is 27.0 Å². The maximum atomic E-state index is 11.1. The van der Waals surface area contributed by atoms with Crippen molar-refractivity contribution in [2.24, 2.45) is 0 Å². The maximum absolute atomic E-state index is 11.1. The summed E-state index contributed by atoms with van der Waals surface area (Å²) >= 11 is 0. The molecule has 0 bridgehead atoms. The summed E-state index contributed by atoms with van der Waals surface area (Å²) in [4.78, 5) is 11.1. The van der Waals surface area contributed by atoms with Crippen molar-refractivity contribution in [2.45, 2.75) is 0 Å². The molecule has 0 spiro atoms. The lowest BCUT2D eigenvalue weighted by Gasteiger charge is -2.04. The lowest BCUT2D eigenvalue weighted by Crippen LogP contribution is -2.00. The second kappa shape index (κ2) is 7.70. The number of aromatic carboxylic acids is 1. The molecular formula is C19H14O4. The van der Waals surface area contributed by atoms with Crippen molar-refractivity contribution in [2.75, 3.05) is 13.7 Å². The molecule has 0 aliphatic carbocycles. The maximum Gasteiger partial charge on any atom is 0.339 e. The van der Waals surface area contributed by atoms with Crippen molar-refractivity contribution in [1.29, 1.82) is 0 Å². The zero-order chi connectivity index (χ0) is 16.7. The highest BCUT2D eigenvalue weighted by atomic mass is 16.5. The molecular weight excluding hydrogens is 292 g/mol. The van der Waals surface area contributed by atoms with Gasteiger partial charge >= 0.3 is 5.97 Å². The van der Waals surface area contributed by atoms with Crippen LogP contribution < -0.4 is 4.74 Å². The van der Waals surface area contributed by atoms with E-state index in [1.807, 2.05) is 24.3 Å². The van der Waals surface area contributed by atoms with Crippen LogP contribution in [0.25, 0.3) is 0 Å². The van der Waals surface area contributed by atoms with Crippen molar-refractivity contribution in [3.05, 3.63) is 64.7 Å². The topological polar surface area (TPSA) is 66.8 Å². The summed E-state index contributed by atoms with van der Waals surface area (Å²) in [5, 5.41) is 17.8. The molecule has 0 radical (unpaired) electrons. The van der Waals surface area contributed by atoms with Gasteiger partial charge in [0.05, 0.1) is 7.11 Å². The van der Waals surface area contributed by atoms with Gasteiger partial charge in [-0.15, -0.1) is 0 Å². The number of benzene rings is 2. The number of aliphatic hydroxyl groups excluding tert-OH is 1. The smallest absolute Gasteiger partial charge is 0.339 e. The van der Waals surface area contributed by atoms with Crippen LogP contribution >= 0.6 is 0 Å². The number of aliphatic hydroxyl groups is 1. The summed E-state index contributed by atoms with van der Waals surface area (Å²) < 4.78 is 5.08. The lowest BCUT2D eigenvalue weighted by molar-refractivity contribution is 0.0693. The molecule has 0 fully saturated rings. The van der Waals surface area contributed by atoms with Crippen molar-refractivity contribution in [1.82, 2.24) is 0 Å². The molecule has 0 aliphatic rings. The standard InChI is InChI=1S/C19H14O4/c1-23-18-13-14(9-11-17(18)19(21)22)8-10-16-6-3-2-5-15(16)7-4-12-20/h2-3,5-6,9,11,13,20H,12H2,1H3,(H,21,22). The van der Waals surface area contributed by atoms with E-state index in [0.717, 1.165) is 11.1 Å². The highest BCUT2D eigenvalue weighted by Gasteiger charge is 2.10. The molecule has 2 aromatic carbocycles. The van der Waals surface area contributed by atoms with Gasteiger partial charge in [0.1, 0.15) is 17.9 Å². The van der Waals surface area contributed by atoms with Gasteiger partial charge in [0.15, 0.2) is 0 Å². The molecule has 0 unspecified atom stereocenters. The first-order valence-corrected chi connectivity index (χ1v) is 6.78. The quantitative estimate of drug-likeness (QED) is 0.834. The van der Waals surface area contributed by atoms with Gasteiger partial charge in [-0.25, -0.2) is 4.79 Å². The summed E-state index contributed by atoms with van der Waals surface area (Å²) in [6.07, 6.45) is 0. The van der Waals surface area contributed by atoms with Gasteiger partial charge in [-0.3, -0.25) is 0 Å². The van der Waals surface area contributed by atoms with E-state index in [4.69, 9.17) is 14.9 Å². The summed E-state index contributed by atoms with van der Waals surface area (Å²) in [5.41, 5.74) is 2.18. The van der Waals surface area contributed by atoms with Gasteiger partial charge in [-0.1, -0.05) is 35.8 Å². The first kappa shape index (κ1) is 16.2. The molecule has 23 heavy (non-hydrogen) atoms. The molecule has 4 nitrogen and oxygen atoms in total. The van der Waals surface area contributed by atoms with Crippen LogP contribution in [0.15, 0.2) is 42.5 Å². The molecule has 0 saturated heterocycles. The minimum absolute atomic E-state index is 0.0901. The first-order chi connectivity index (χ1) is 11.2. The Bertz CT molecular complexity index is 845. The SMILES string of the molecule is COc1cc(C#Cc2ccccc2C#CCO)ccc1C(=O)O. The number of carboxylic acids is 1. The number of ether oxygens (including phenoxy) is 1. The predicted molar refractivity (Wildman–Crippen MR) is 86.3 cm³/mol. The average Bonchev–Trinajstić information content (AvgIpc) is 2.58. The van der Waals surface area contributed by atoms with Crippen molar-refractivity contribution in [3.63, 3.8) is 0 Å². The third kappa shape index (κ3) is 4.14. The second-order valence-electron chi connectivity index (χ2n) is 4.48. The van der Waals surface area contributed by atoms with Crippen LogP contribution in [0.2, 0.25) is 0 Å². The Kier molecular flexibility index (Phi) is 5.41. The van der Waals surface area contributed by atoms with Gasteiger partial charge in [-0.2, -0.15) is 0 Å². The van der Waals surface area contributed by atoms with E-state index in [2.05, 4.69) is 23.7 Å². The van der Waals surface area contributed by atoms with E-state index < -0.39 is 5.97 Å². The van der Waals surface area contributed by atoms with Crippen molar-refractivity contribution in [3.8, 4) is 29.4 Å². The number of carboxylic acid groups (broad SMARTS) is 1. The summed E-state index contributed by atoms with van der Waals surface area (Å²) in [6.45, 7) is -0.213. The van der Waals surface area contributed by atoms with Crippen LogP contribution in [-0.2, 0) is 0 Å². The molecule has 2 aromatic rings. The van der Waals surface area contributed by atoms with Crippen LogP contribution in [0, 0.1) is 23.7 Å². The molecule has 2 rings (SSSR count). The molecule has 0 heterocycles. The monoisotopic (exact) mass is 306 g/mol. The van der Waals surface area contributed by atoms with E-state index in [9.17, 15) is 4.79 Å². The Morgan fingerprint density at radius 2 is 1.78 bits per heavy atom. The van der Waals surface area contributed by atoms with Gasteiger partial charge in [0.25, 0.3) is 0 Å². The average molecular weight is 306 g/mol. The number of carbonyl (C=O) groups is 1. The molecule has 0 amide bonds. The van der Waals surface area contributed by atoms with Gasteiger partial charge in [0.2, 0.25) is 0 Å². The van der Waals surface area contributed by atoms with Crippen LogP contribution in [0.4, 0.5) is 0 Å². The van der Waals surface area contributed by atoms with Gasteiger partial charge < -0.3 is 14.9 Å². The Morgan fingerprint density at radius 3 is 2.39 bits per heavy atom. The number of rotatable bonds is 2. The normalized spacial score (nSPS) is 9.13. The third-order valence-electron chi connectivity index (χ3n) is 3.00. The first-order valence-electron chi connectivity index (χ1n) is 6.78. The third-order valence-corrected chi connectivity index (χ3v) is 3.00. The minimum Gasteiger partial charge on any atom is -0.496 e. The van der Waals surface area contributed by atoms with Crippen molar-refractivity contribution >= 4 is 5.97 Å². The number of hydrogen-bond donors (Lipinski definition) is 2. The minimum atomic E-state index is -1.05. The predicted octanol–water partition coefficient (Wildman–Crippen LogP) is 2.14. The largest absolute Gasteiger partial charge is 0.496 e. The molecule has 4 heteroatoms. The Hall–Kier alpha value is -3.21. The number of hydrogen-bond acceptors (Lipinski definition) is 3. The highest BCUT2D eigenvalue weighted by Crippen LogP contribution is 2.19. The zero-order valence-corrected chi connectivity index (χ0v) is 12.5. The fourth-order valence-electron chi connectivity index (χ4n) is 1.92. The molecule has 2 N–H and O–H groups in total. The van der Waals surface area contributed by atoms with Gasteiger partial charge in [-0.05, 0) is 30.3 Å². The van der Waals surface area contributed by atoms with E-state index in [1.165, 1.54) is 13.2 Å². The van der Waals surface area contributed by atoms with Crippen LogP contribution in [0.3, 0.4) is 0 Å². The second-order valence-corrected chi connectivity index (χ2v) is 4.48. The van der Waals surface area contributed by atoms with E-state index in [0.29, 0.717) is 5.56 Å². The Balaban J connectivity index is 2.38. The van der Waals surface area contributed by atoms with Crippen molar-refractivity contribution < 1.29 is 19.7 Å². The molecule has 114 valence electrons. The fraction of sp³-hybridized carbons (Fsp3) is 0.105. The lowest BCUT2D eigenvalue weighted by atomic mass is 10.1. The fourth-order valence-corrected chi connectivity index (χ4v) is 1.92. The summed E-state index contributed by atoms with van der Waals surface area (Å²) in [6, 6.07) is 12.0. The number of methoxy groups -OCH3 is 1. The molecule has 0 saturated carbocycles. The van der Waals surface area contributed by atoms with E-state index in [1.54, 1.807) is 12.1 Å². The van der Waals surface area contributed by atoms with Crippen LogP contribution in [0.5, 0.6) is 5.75 Å². The molecule has 0 aromatic heterocycles.